The summed E-state index contributed by atoms with van der Waals surface area (Å²) in [6.07, 6.45) is 10.1. The Morgan fingerprint density at radius 2 is 1.57 bits per heavy atom. The average Bonchev–Trinajstić information content (AvgIpc) is 2.52. The number of aliphatic carboxylic acids is 1. The largest absolute Gasteiger partial charge is 1.00 e. The number of benzene rings is 1. The van der Waals surface area contributed by atoms with Gasteiger partial charge in [-0.15, -0.1) is 0 Å². The predicted molar refractivity (Wildman–Crippen MR) is 91.2 cm³/mol. The maximum Gasteiger partial charge on any atom is 0.303 e. The summed E-state index contributed by atoms with van der Waals surface area (Å²) >= 11 is 3.42. The average molecular weight is 397 g/mol. The van der Waals surface area contributed by atoms with Gasteiger partial charge in [0.2, 0.25) is 0 Å². The van der Waals surface area contributed by atoms with Crippen LogP contribution in [0.15, 0.2) is 53.3 Å². The Bertz CT molecular complexity index is 639. The van der Waals surface area contributed by atoms with Crippen molar-refractivity contribution >= 4 is 34.1 Å². The van der Waals surface area contributed by atoms with Gasteiger partial charge in [-0.2, -0.15) is 0 Å². The molecule has 1 aromatic carbocycles. The smallest absolute Gasteiger partial charge is 0.303 e. The first-order valence-corrected chi connectivity index (χ1v) is 8.07. The number of hydrogen-bond donors (Lipinski definition) is 1. The highest BCUT2D eigenvalue weighted by atomic mass is 79.9. The lowest BCUT2D eigenvalue weighted by molar-refractivity contribution is -0.697. The van der Waals surface area contributed by atoms with Crippen LogP contribution >= 0.6 is 15.9 Å². The molecular weight excluding hydrogens is 378 g/mol. The third kappa shape index (κ3) is 7.44. The molecule has 0 saturated heterocycles. The minimum absolute atomic E-state index is 0. The van der Waals surface area contributed by atoms with Gasteiger partial charge in [0, 0.05) is 29.4 Å². The maximum atomic E-state index is 10.4. The van der Waals surface area contributed by atoms with E-state index in [2.05, 4.69) is 56.9 Å². The number of rotatable bonds is 7. The van der Waals surface area contributed by atoms with Crippen molar-refractivity contribution in [2.75, 3.05) is 0 Å². The van der Waals surface area contributed by atoms with Crippen LogP contribution in [0.4, 0.5) is 0 Å². The fourth-order valence-electron chi connectivity index (χ4n) is 2.07. The van der Waals surface area contributed by atoms with Crippen LogP contribution in [0.3, 0.4) is 0 Å². The van der Waals surface area contributed by atoms with Crippen molar-refractivity contribution < 1.29 is 26.9 Å². The molecule has 0 aliphatic rings. The van der Waals surface area contributed by atoms with E-state index in [1.165, 1.54) is 0 Å². The number of unbranched alkanes of at least 4 members (excludes halogenated alkanes) is 1. The molecule has 23 heavy (non-hydrogen) atoms. The van der Waals surface area contributed by atoms with Crippen LogP contribution < -0.4 is 17.0 Å². The highest BCUT2D eigenvalue weighted by Crippen LogP contribution is 2.12. The molecular formula is C18H19BrClNO2. The Morgan fingerprint density at radius 3 is 2.13 bits per heavy atom. The van der Waals surface area contributed by atoms with E-state index in [9.17, 15) is 4.79 Å². The third-order valence-electron chi connectivity index (χ3n) is 3.31. The molecule has 122 valence electrons. The number of carbonyl (C=O) groups is 1. The van der Waals surface area contributed by atoms with Crippen molar-refractivity contribution in [3.05, 3.63) is 64.4 Å². The van der Waals surface area contributed by atoms with E-state index in [-0.39, 0.29) is 18.8 Å². The summed E-state index contributed by atoms with van der Waals surface area (Å²) in [6.45, 7) is 0.851. The lowest BCUT2D eigenvalue weighted by Gasteiger charge is -1.98. The molecule has 1 heterocycles. The van der Waals surface area contributed by atoms with Crippen LogP contribution in [-0.4, -0.2) is 11.1 Å². The first-order valence-electron chi connectivity index (χ1n) is 7.28. The van der Waals surface area contributed by atoms with Crippen LogP contribution in [-0.2, 0) is 11.3 Å². The van der Waals surface area contributed by atoms with E-state index in [1.54, 1.807) is 0 Å². The lowest BCUT2D eigenvalue weighted by Crippen LogP contribution is -3.00. The molecule has 3 nitrogen and oxygen atoms in total. The van der Waals surface area contributed by atoms with Gasteiger partial charge in [-0.05, 0) is 29.7 Å². The summed E-state index contributed by atoms with van der Waals surface area (Å²) in [6, 6.07) is 12.3. The van der Waals surface area contributed by atoms with Gasteiger partial charge in [-0.25, -0.2) is 4.57 Å². The molecule has 0 radical (unpaired) electrons. The summed E-state index contributed by atoms with van der Waals surface area (Å²) < 4.78 is 3.16. The van der Waals surface area contributed by atoms with Gasteiger partial charge >= 0.3 is 5.97 Å². The molecule has 0 saturated carbocycles. The fraction of sp³-hybridized carbons (Fsp3) is 0.222. The van der Waals surface area contributed by atoms with Crippen LogP contribution in [0.2, 0.25) is 0 Å². The molecule has 0 atom stereocenters. The van der Waals surface area contributed by atoms with Crippen molar-refractivity contribution in [3.8, 4) is 0 Å². The minimum atomic E-state index is -0.724. The number of carboxylic acids is 1. The fourth-order valence-corrected chi connectivity index (χ4v) is 2.33. The maximum absolute atomic E-state index is 10.4. The number of pyridine rings is 1. The summed E-state index contributed by atoms with van der Waals surface area (Å²) in [4.78, 5) is 10.4. The number of nitrogens with zero attached hydrogens (tertiary/aromatic N) is 1. The van der Waals surface area contributed by atoms with Gasteiger partial charge in [0.1, 0.15) is 6.54 Å². The molecule has 1 aromatic heterocycles. The van der Waals surface area contributed by atoms with Gasteiger partial charge in [-0.1, -0.05) is 40.2 Å². The van der Waals surface area contributed by atoms with Crippen LogP contribution in [0.25, 0.3) is 12.2 Å². The van der Waals surface area contributed by atoms with Crippen LogP contribution in [0, 0.1) is 0 Å². The predicted octanol–water partition coefficient (Wildman–Crippen LogP) is 1.17. The van der Waals surface area contributed by atoms with Gasteiger partial charge in [0.15, 0.2) is 12.4 Å². The number of aromatic nitrogens is 1. The zero-order chi connectivity index (χ0) is 15.8. The Labute approximate surface area is 151 Å². The zero-order valence-corrected chi connectivity index (χ0v) is 15.0. The van der Waals surface area contributed by atoms with Crippen molar-refractivity contribution in [1.82, 2.24) is 0 Å². The number of carboxylic acid groups (broad SMARTS) is 1. The Morgan fingerprint density at radius 1 is 1.00 bits per heavy atom. The summed E-state index contributed by atoms with van der Waals surface area (Å²) in [5.41, 5.74) is 2.30. The molecule has 0 aliphatic carbocycles. The summed E-state index contributed by atoms with van der Waals surface area (Å²) in [5, 5.41) is 8.60. The van der Waals surface area contributed by atoms with E-state index in [4.69, 9.17) is 5.11 Å². The standard InChI is InChI=1S/C18H18BrNO2.ClH/c19-17-8-6-15(7-9-17)4-5-16-10-13-20(14-11-16)12-2-1-3-18(21)22;/h4-11,13-14H,1-3,12H2;1H/b5-4-;. The Kier molecular flexibility index (Phi) is 8.59. The summed E-state index contributed by atoms with van der Waals surface area (Å²) in [5.74, 6) is -0.724. The van der Waals surface area contributed by atoms with Crippen LogP contribution in [0.1, 0.15) is 30.4 Å². The second kappa shape index (κ2) is 10.2. The van der Waals surface area contributed by atoms with E-state index in [0.717, 1.165) is 28.6 Å². The second-order valence-corrected chi connectivity index (χ2v) is 6.02. The molecule has 2 aromatic rings. The van der Waals surface area contributed by atoms with E-state index < -0.39 is 5.97 Å². The highest BCUT2D eigenvalue weighted by molar-refractivity contribution is 9.10. The Balaban J connectivity index is 0.00000264. The van der Waals surface area contributed by atoms with Crippen LogP contribution in [0.5, 0.6) is 0 Å². The molecule has 0 spiro atoms. The van der Waals surface area contributed by atoms with Crippen molar-refractivity contribution in [3.63, 3.8) is 0 Å². The van der Waals surface area contributed by atoms with Gasteiger partial charge < -0.3 is 17.5 Å². The van der Waals surface area contributed by atoms with E-state index >= 15 is 0 Å². The Hall–Kier alpha value is -1.65. The molecule has 0 bridgehead atoms. The van der Waals surface area contributed by atoms with E-state index in [1.807, 2.05) is 24.5 Å². The number of halogens is 2. The van der Waals surface area contributed by atoms with Gasteiger partial charge in [0.25, 0.3) is 0 Å². The summed E-state index contributed by atoms with van der Waals surface area (Å²) in [7, 11) is 0. The second-order valence-electron chi connectivity index (χ2n) is 5.11. The first-order chi connectivity index (χ1) is 10.6. The number of hydrogen-bond acceptors (Lipinski definition) is 1. The van der Waals surface area contributed by atoms with Gasteiger partial charge in [0.05, 0.1) is 0 Å². The molecule has 5 heteroatoms. The quantitative estimate of drug-likeness (QED) is 0.564. The third-order valence-corrected chi connectivity index (χ3v) is 3.84. The first kappa shape index (κ1) is 19.4. The molecule has 0 aliphatic heterocycles. The molecule has 0 fully saturated rings. The molecule has 0 amide bonds. The number of aryl methyl sites for hydroxylation is 1. The van der Waals surface area contributed by atoms with Crippen molar-refractivity contribution in [2.45, 2.75) is 25.8 Å². The van der Waals surface area contributed by atoms with E-state index in [0.29, 0.717) is 6.42 Å². The zero-order valence-electron chi connectivity index (χ0n) is 12.7. The topological polar surface area (TPSA) is 41.2 Å². The normalized spacial score (nSPS) is 10.5. The monoisotopic (exact) mass is 395 g/mol. The highest BCUT2D eigenvalue weighted by Gasteiger charge is 2.02. The van der Waals surface area contributed by atoms with Crippen molar-refractivity contribution in [1.29, 1.82) is 0 Å². The van der Waals surface area contributed by atoms with Gasteiger partial charge in [-0.3, -0.25) is 4.79 Å². The minimum Gasteiger partial charge on any atom is -1.00 e. The van der Waals surface area contributed by atoms with Crippen molar-refractivity contribution in [2.24, 2.45) is 0 Å². The lowest BCUT2D eigenvalue weighted by atomic mass is 10.1. The molecule has 2 rings (SSSR count). The molecule has 1 N–H and O–H groups in total. The molecule has 0 unspecified atom stereocenters. The SMILES string of the molecule is O=C(O)CCCC[n+]1ccc(/C=C\c2ccc(Br)cc2)cc1.[Cl-].